The molecule has 0 aliphatic rings. The number of rotatable bonds is 5. The Balaban J connectivity index is 2.23. The molecule has 0 aromatic heterocycles. The minimum absolute atomic E-state index is 0.274. The lowest BCUT2D eigenvalue weighted by Gasteiger charge is -2.18. The second-order valence-corrected chi connectivity index (χ2v) is 5.12. The molecule has 2 rings (SSSR count). The summed E-state index contributed by atoms with van der Waals surface area (Å²) in [6, 6.07) is 18.0. The number of benzene rings is 2. The lowest BCUT2D eigenvalue weighted by Crippen LogP contribution is -2.17. The van der Waals surface area contributed by atoms with Crippen molar-refractivity contribution in [3.63, 3.8) is 0 Å². The molecule has 1 nitrogen and oxygen atoms in total. The Morgan fingerprint density at radius 3 is 1.89 bits per heavy atom. The molecule has 100 valence electrons. The van der Waals surface area contributed by atoms with Crippen LogP contribution in [0.3, 0.4) is 0 Å². The first-order chi connectivity index (χ1) is 9.24. The van der Waals surface area contributed by atoms with E-state index in [1.165, 1.54) is 28.7 Å². The molecule has 1 unspecified atom stereocenters. The molecule has 19 heavy (non-hydrogen) atoms. The van der Waals surface area contributed by atoms with E-state index in [4.69, 9.17) is 0 Å². The zero-order valence-corrected chi connectivity index (χ0v) is 12.1. The Labute approximate surface area is 116 Å². The van der Waals surface area contributed by atoms with Crippen LogP contribution in [0, 0.1) is 6.92 Å². The highest BCUT2D eigenvalue weighted by molar-refractivity contribution is 5.34. The van der Waals surface area contributed by atoms with Gasteiger partial charge in [-0.05, 0) is 37.1 Å². The van der Waals surface area contributed by atoms with Crippen molar-refractivity contribution in [2.24, 2.45) is 0 Å². The summed E-state index contributed by atoms with van der Waals surface area (Å²) in [4.78, 5) is 0. The van der Waals surface area contributed by atoms with E-state index in [0.717, 1.165) is 6.42 Å². The molecule has 0 fully saturated rings. The maximum absolute atomic E-state index is 3.41. The van der Waals surface area contributed by atoms with Gasteiger partial charge in [-0.3, -0.25) is 0 Å². The van der Waals surface area contributed by atoms with E-state index < -0.39 is 0 Å². The van der Waals surface area contributed by atoms with E-state index in [9.17, 15) is 0 Å². The summed E-state index contributed by atoms with van der Waals surface area (Å²) in [6.07, 6.45) is 2.36. The van der Waals surface area contributed by atoms with Crippen LogP contribution in [0.5, 0.6) is 0 Å². The van der Waals surface area contributed by atoms with Gasteiger partial charge in [0.05, 0.1) is 6.04 Å². The van der Waals surface area contributed by atoms with Crippen molar-refractivity contribution in [1.29, 1.82) is 0 Å². The molecule has 1 N–H and O–H groups in total. The summed E-state index contributed by atoms with van der Waals surface area (Å²) in [6.45, 7) is 4.34. The number of nitrogens with one attached hydrogen (secondary N) is 1. The van der Waals surface area contributed by atoms with Gasteiger partial charge in [-0.1, -0.05) is 67.4 Å². The summed E-state index contributed by atoms with van der Waals surface area (Å²) in [7, 11) is 2.02. The van der Waals surface area contributed by atoms with Crippen LogP contribution < -0.4 is 5.32 Å². The molecule has 0 aliphatic heterocycles. The summed E-state index contributed by atoms with van der Waals surface area (Å²) in [5, 5.41) is 3.41. The van der Waals surface area contributed by atoms with Gasteiger partial charge in [-0.2, -0.15) is 0 Å². The van der Waals surface area contributed by atoms with Crippen molar-refractivity contribution in [2.75, 3.05) is 7.05 Å². The molecule has 2 aromatic carbocycles. The van der Waals surface area contributed by atoms with E-state index in [0.29, 0.717) is 0 Å². The average molecular weight is 253 g/mol. The normalized spacial score (nSPS) is 12.4. The van der Waals surface area contributed by atoms with Crippen molar-refractivity contribution in [3.05, 3.63) is 70.8 Å². The maximum Gasteiger partial charge on any atom is 0.0574 e. The van der Waals surface area contributed by atoms with E-state index >= 15 is 0 Å². The molecule has 0 saturated carbocycles. The average Bonchev–Trinajstić information content (AvgIpc) is 2.44. The zero-order chi connectivity index (χ0) is 13.7. The first-order valence-corrected chi connectivity index (χ1v) is 7.07. The SMILES string of the molecule is CCCc1ccc(C(NC)c2ccc(C)cc2)cc1. The fraction of sp³-hybridized carbons (Fsp3) is 0.333. The van der Waals surface area contributed by atoms with Crippen molar-refractivity contribution < 1.29 is 0 Å². The van der Waals surface area contributed by atoms with E-state index in [1.54, 1.807) is 0 Å². The highest BCUT2D eigenvalue weighted by Crippen LogP contribution is 2.22. The Bertz CT molecular complexity index is 496. The molecular weight excluding hydrogens is 230 g/mol. The molecule has 0 spiro atoms. The molecule has 1 heteroatoms. The Hall–Kier alpha value is -1.60. The minimum Gasteiger partial charge on any atom is -0.309 e. The van der Waals surface area contributed by atoms with Gasteiger partial charge in [-0.25, -0.2) is 0 Å². The van der Waals surface area contributed by atoms with E-state index in [1.807, 2.05) is 7.05 Å². The first kappa shape index (κ1) is 13.8. The van der Waals surface area contributed by atoms with Gasteiger partial charge in [0.15, 0.2) is 0 Å². The van der Waals surface area contributed by atoms with E-state index in [2.05, 4.69) is 67.7 Å². The van der Waals surface area contributed by atoms with Crippen LogP contribution in [0.2, 0.25) is 0 Å². The standard InChI is InChI=1S/C18H23N/c1-4-5-15-8-12-17(13-9-15)18(19-3)16-10-6-14(2)7-11-16/h6-13,18-19H,4-5H2,1-3H3. The molecule has 0 amide bonds. The number of hydrogen-bond donors (Lipinski definition) is 1. The molecule has 0 aliphatic carbocycles. The Kier molecular flexibility index (Phi) is 4.75. The summed E-state index contributed by atoms with van der Waals surface area (Å²) in [5.74, 6) is 0. The molecule has 1 atom stereocenters. The van der Waals surface area contributed by atoms with Crippen LogP contribution in [0.1, 0.15) is 41.6 Å². The summed E-state index contributed by atoms with van der Waals surface area (Å²) in [5.41, 5.74) is 5.37. The maximum atomic E-state index is 3.41. The zero-order valence-electron chi connectivity index (χ0n) is 12.1. The van der Waals surface area contributed by atoms with Crippen LogP contribution in [-0.4, -0.2) is 7.05 Å². The van der Waals surface area contributed by atoms with Gasteiger partial charge in [0, 0.05) is 0 Å². The highest BCUT2D eigenvalue weighted by atomic mass is 14.9. The van der Waals surface area contributed by atoms with Crippen LogP contribution >= 0.6 is 0 Å². The largest absolute Gasteiger partial charge is 0.309 e. The van der Waals surface area contributed by atoms with E-state index in [-0.39, 0.29) is 6.04 Å². The van der Waals surface area contributed by atoms with Crippen LogP contribution in [0.25, 0.3) is 0 Å². The lowest BCUT2D eigenvalue weighted by molar-refractivity contribution is 0.691. The van der Waals surface area contributed by atoms with Crippen molar-refractivity contribution in [2.45, 2.75) is 32.7 Å². The van der Waals surface area contributed by atoms with Crippen LogP contribution in [0.4, 0.5) is 0 Å². The smallest absolute Gasteiger partial charge is 0.0574 e. The van der Waals surface area contributed by atoms with Crippen LogP contribution in [0.15, 0.2) is 48.5 Å². The monoisotopic (exact) mass is 253 g/mol. The third kappa shape index (κ3) is 3.45. The fourth-order valence-corrected chi connectivity index (χ4v) is 2.45. The predicted octanol–water partition coefficient (Wildman–Crippen LogP) is 4.26. The Morgan fingerprint density at radius 1 is 0.895 bits per heavy atom. The first-order valence-electron chi connectivity index (χ1n) is 7.07. The predicted molar refractivity (Wildman–Crippen MR) is 82.5 cm³/mol. The van der Waals surface area contributed by atoms with Gasteiger partial charge in [0.25, 0.3) is 0 Å². The molecule has 0 saturated heterocycles. The minimum atomic E-state index is 0.274. The van der Waals surface area contributed by atoms with Gasteiger partial charge >= 0.3 is 0 Å². The molecule has 0 bridgehead atoms. The van der Waals surface area contributed by atoms with Crippen molar-refractivity contribution >= 4 is 0 Å². The molecular formula is C18H23N. The fourth-order valence-electron chi connectivity index (χ4n) is 2.45. The van der Waals surface area contributed by atoms with Gasteiger partial charge in [0.1, 0.15) is 0 Å². The number of aryl methyl sites for hydroxylation is 2. The molecule has 2 aromatic rings. The second kappa shape index (κ2) is 6.53. The summed E-state index contributed by atoms with van der Waals surface area (Å²) < 4.78 is 0. The van der Waals surface area contributed by atoms with Gasteiger partial charge < -0.3 is 5.32 Å². The quantitative estimate of drug-likeness (QED) is 0.839. The molecule has 0 radical (unpaired) electrons. The van der Waals surface area contributed by atoms with Crippen molar-refractivity contribution in [3.8, 4) is 0 Å². The van der Waals surface area contributed by atoms with Crippen molar-refractivity contribution in [1.82, 2.24) is 5.32 Å². The van der Waals surface area contributed by atoms with Crippen LogP contribution in [-0.2, 0) is 6.42 Å². The Morgan fingerprint density at radius 2 is 1.42 bits per heavy atom. The highest BCUT2D eigenvalue weighted by Gasteiger charge is 2.11. The topological polar surface area (TPSA) is 12.0 Å². The lowest BCUT2D eigenvalue weighted by atomic mass is 9.96. The van der Waals surface area contributed by atoms with Gasteiger partial charge in [-0.15, -0.1) is 0 Å². The van der Waals surface area contributed by atoms with Gasteiger partial charge in [0.2, 0.25) is 0 Å². The third-order valence-corrected chi connectivity index (χ3v) is 3.55. The summed E-state index contributed by atoms with van der Waals surface area (Å²) >= 11 is 0. The number of hydrogen-bond acceptors (Lipinski definition) is 1. The second-order valence-electron chi connectivity index (χ2n) is 5.12. The molecule has 0 heterocycles. The third-order valence-electron chi connectivity index (χ3n) is 3.55.